The van der Waals surface area contributed by atoms with E-state index >= 15 is 0 Å². The molecule has 49 heavy (non-hydrogen) atoms. The molecule has 0 N–H and O–H groups in total. The smallest absolute Gasteiger partial charge is 0.163 e. The highest BCUT2D eigenvalue weighted by atomic mass is 32.2. The van der Waals surface area contributed by atoms with E-state index in [-0.39, 0.29) is 0 Å². The first kappa shape index (κ1) is 40.0. The number of dihydropyridines is 1. The first-order chi connectivity index (χ1) is 23.1. The fraction of sp³-hybridized carbons (Fsp3) is 0.475. The Balaban J connectivity index is 0.000000203. The average molecular weight is 698 g/mol. The van der Waals surface area contributed by atoms with Crippen LogP contribution >= 0.6 is 23.5 Å². The Labute approximate surface area is 303 Å². The van der Waals surface area contributed by atoms with Gasteiger partial charge in [-0.3, -0.25) is 20.0 Å². The number of aryl methyl sites for hydroxylation is 1. The number of amidine groups is 2. The maximum atomic E-state index is 4.63. The van der Waals surface area contributed by atoms with Gasteiger partial charge in [0.25, 0.3) is 0 Å². The SMILES string of the molecule is CN=C(C)/C(C)=C(\C)C/C(C)=C(\C)C(C)=NC.CN=C1N=C(C)C(C)=C2CC(C)=C12.CN=C1N=c2nc(C)c(C)c3c2=C/C1=C(/C)SCS3. The van der Waals surface area contributed by atoms with E-state index in [1.165, 1.54) is 59.9 Å². The van der Waals surface area contributed by atoms with Crippen LogP contribution in [0.5, 0.6) is 0 Å². The van der Waals surface area contributed by atoms with Crippen LogP contribution in [0.4, 0.5) is 0 Å². The van der Waals surface area contributed by atoms with Crippen molar-refractivity contribution < 1.29 is 0 Å². The Morgan fingerprint density at radius 2 is 1.33 bits per heavy atom. The Morgan fingerprint density at radius 1 is 0.755 bits per heavy atom. The van der Waals surface area contributed by atoms with Crippen molar-refractivity contribution in [2.75, 3.05) is 33.3 Å². The van der Waals surface area contributed by atoms with Crippen LogP contribution < -0.4 is 10.7 Å². The Hall–Kier alpha value is -3.43. The molecular formula is C40H55N7S2. The summed E-state index contributed by atoms with van der Waals surface area (Å²) in [5.74, 6) is 1.72. The highest BCUT2D eigenvalue weighted by molar-refractivity contribution is 8.17. The number of thioether (sulfide) groups is 2. The zero-order chi connectivity index (χ0) is 36.7. The lowest BCUT2D eigenvalue weighted by Gasteiger charge is -2.30. The first-order valence-corrected chi connectivity index (χ1v) is 18.7. The third kappa shape index (κ3) is 9.03. The van der Waals surface area contributed by atoms with E-state index in [1.54, 1.807) is 7.05 Å². The molecule has 1 aromatic rings. The maximum Gasteiger partial charge on any atom is 0.163 e. The second-order valence-corrected chi connectivity index (χ2v) is 15.4. The molecule has 1 aromatic heterocycles. The van der Waals surface area contributed by atoms with Gasteiger partial charge in [-0.2, -0.15) is 0 Å². The zero-order valence-electron chi connectivity index (χ0n) is 32.6. The van der Waals surface area contributed by atoms with E-state index in [2.05, 4.69) is 117 Å². The number of pyridine rings is 1. The summed E-state index contributed by atoms with van der Waals surface area (Å²) in [6.45, 7) is 25.5. The molecule has 0 amide bonds. The zero-order valence-corrected chi connectivity index (χ0v) is 34.3. The number of hydrogen-bond acceptors (Lipinski definition) is 7. The predicted octanol–water partition coefficient (Wildman–Crippen LogP) is 8.97. The van der Waals surface area contributed by atoms with Gasteiger partial charge in [0.2, 0.25) is 0 Å². The van der Waals surface area contributed by atoms with Gasteiger partial charge in [-0.05, 0) is 135 Å². The van der Waals surface area contributed by atoms with Gasteiger partial charge in [0.15, 0.2) is 17.2 Å². The molecule has 0 radical (unpaired) electrons. The Kier molecular flexibility index (Phi) is 14.3. The summed E-state index contributed by atoms with van der Waals surface area (Å²) in [6.07, 6.45) is 4.32. The van der Waals surface area contributed by atoms with Gasteiger partial charge in [0, 0.05) is 77.4 Å². The molecule has 9 heteroatoms. The van der Waals surface area contributed by atoms with E-state index in [4.69, 9.17) is 0 Å². The van der Waals surface area contributed by atoms with Gasteiger partial charge in [-0.25, -0.2) is 15.0 Å². The van der Waals surface area contributed by atoms with Gasteiger partial charge in [0.05, 0.1) is 0 Å². The van der Waals surface area contributed by atoms with E-state index < -0.39 is 0 Å². The van der Waals surface area contributed by atoms with Crippen LogP contribution in [-0.2, 0) is 0 Å². The van der Waals surface area contributed by atoms with Crippen molar-refractivity contribution in [3.05, 3.63) is 77.0 Å². The summed E-state index contributed by atoms with van der Waals surface area (Å²) < 4.78 is 0. The summed E-state index contributed by atoms with van der Waals surface area (Å²) in [7, 11) is 7.28. The number of hydrogen-bond donors (Lipinski definition) is 0. The number of aliphatic imine (C=N–C) groups is 5. The summed E-state index contributed by atoms with van der Waals surface area (Å²) >= 11 is 3.75. The number of allylic oxidation sites excluding steroid dienone is 7. The summed E-state index contributed by atoms with van der Waals surface area (Å²) in [5.41, 5.74) is 18.5. The highest BCUT2D eigenvalue weighted by Gasteiger charge is 2.29. The minimum Gasteiger partial charge on any atom is -0.293 e. The molecule has 4 heterocycles. The topological polar surface area (TPSA) is 87.0 Å². The largest absolute Gasteiger partial charge is 0.293 e. The lowest BCUT2D eigenvalue weighted by Crippen LogP contribution is -2.37. The molecule has 7 nitrogen and oxygen atoms in total. The van der Waals surface area contributed by atoms with Crippen molar-refractivity contribution in [2.45, 2.75) is 101 Å². The number of nitrogens with zero attached hydrogens (tertiary/aromatic N) is 7. The third-order valence-corrected chi connectivity index (χ3v) is 12.3. The molecule has 0 aromatic carbocycles. The van der Waals surface area contributed by atoms with E-state index in [1.807, 2.05) is 51.6 Å². The van der Waals surface area contributed by atoms with Crippen LogP contribution in [0, 0.1) is 13.8 Å². The van der Waals surface area contributed by atoms with Crippen LogP contribution in [0.25, 0.3) is 6.08 Å². The third-order valence-electron chi connectivity index (χ3n) is 9.90. The van der Waals surface area contributed by atoms with Crippen LogP contribution in [-0.4, -0.2) is 67.1 Å². The normalized spacial score (nSPS) is 21.4. The molecule has 1 aliphatic carbocycles. The van der Waals surface area contributed by atoms with Gasteiger partial charge in [-0.1, -0.05) is 16.7 Å². The standard InChI is InChI=1S/C15H26N2.C14H15N3S2.C11H14N2/c1-10(12(3)14(5)16-7)9-11(2)13(4)15(6)17-8;1-7-8(2)16-14-11-5-10(13(15-4)17-14)9(3)18-6-19-12(7)11;1-6-5-9-7(2)8(3)13-11(12-4)10(6)9/h9H2,1-8H3;5H,6H2,1-4H3;5H2,1-4H3/b12-10+,13-11+,16-14?,17-15?;10-9+,15-13?;. The second-order valence-electron chi connectivity index (χ2n) is 12.9. The molecule has 5 rings (SSSR count). The first-order valence-electron chi connectivity index (χ1n) is 16.8. The molecule has 0 spiro atoms. The molecule has 0 fully saturated rings. The molecule has 0 saturated carbocycles. The minimum absolute atomic E-state index is 0.797. The van der Waals surface area contributed by atoms with Crippen molar-refractivity contribution in [2.24, 2.45) is 30.0 Å². The summed E-state index contributed by atoms with van der Waals surface area (Å²) in [4.78, 5) is 33.3. The van der Waals surface area contributed by atoms with Crippen molar-refractivity contribution in [3.63, 3.8) is 0 Å². The summed E-state index contributed by atoms with van der Waals surface area (Å²) in [5, 5.41) is 2.19. The monoisotopic (exact) mass is 697 g/mol. The van der Waals surface area contributed by atoms with Gasteiger partial charge >= 0.3 is 0 Å². The lowest BCUT2D eigenvalue weighted by molar-refractivity contribution is 0.988. The fourth-order valence-corrected chi connectivity index (χ4v) is 8.15. The van der Waals surface area contributed by atoms with Crippen LogP contribution in [0.15, 0.2) is 89.9 Å². The van der Waals surface area contributed by atoms with Crippen LogP contribution in [0.3, 0.4) is 0 Å². The molecule has 0 atom stereocenters. The lowest BCUT2D eigenvalue weighted by atomic mass is 9.78. The van der Waals surface area contributed by atoms with Crippen molar-refractivity contribution in [1.82, 2.24) is 4.98 Å². The average Bonchev–Trinajstić information content (AvgIpc) is 3.08. The van der Waals surface area contributed by atoms with Gasteiger partial charge in [0.1, 0.15) is 0 Å². The molecule has 4 aliphatic rings. The molecular weight excluding hydrogens is 643 g/mol. The van der Waals surface area contributed by atoms with Gasteiger partial charge in [-0.15, -0.1) is 23.5 Å². The van der Waals surface area contributed by atoms with Crippen LogP contribution in [0.1, 0.15) is 93.3 Å². The maximum absolute atomic E-state index is 4.63. The number of fused-ring (bicyclic) bond motifs is 2. The molecule has 0 saturated heterocycles. The number of aromatic nitrogens is 1. The highest BCUT2D eigenvalue weighted by Crippen LogP contribution is 2.40. The predicted molar refractivity (Wildman–Crippen MR) is 219 cm³/mol. The summed E-state index contributed by atoms with van der Waals surface area (Å²) in [6, 6.07) is 0. The van der Waals surface area contributed by atoms with Crippen molar-refractivity contribution in [3.8, 4) is 0 Å². The quantitative estimate of drug-likeness (QED) is 0.295. The van der Waals surface area contributed by atoms with Crippen molar-refractivity contribution in [1.29, 1.82) is 0 Å². The van der Waals surface area contributed by atoms with Crippen LogP contribution in [0.2, 0.25) is 0 Å². The Bertz CT molecular complexity index is 1940. The molecule has 262 valence electrons. The molecule has 2 bridgehead atoms. The van der Waals surface area contributed by atoms with E-state index in [0.29, 0.717) is 0 Å². The minimum atomic E-state index is 0.797. The van der Waals surface area contributed by atoms with Gasteiger partial charge < -0.3 is 0 Å². The van der Waals surface area contributed by atoms with Crippen molar-refractivity contribution >= 4 is 58.4 Å². The molecule has 3 aliphatic heterocycles. The van der Waals surface area contributed by atoms with E-state index in [0.717, 1.165) is 68.7 Å². The fourth-order valence-electron chi connectivity index (χ4n) is 5.76. The second kappa shape index (κ2) is 17.5. The Morgan fingerprint density at radius 3 is 1.84 bits per heavy atom. The molecule has 0 unspecified atom stereocenters. The van der Waals surface area contributed by atoms with E-state index in [9.17, 15) is 0 Å². The number of rotatable bonds is 4.